The van der Waals surface area contributed by atoms with Gasteiger partial charge in [-0.25, -0.2) is 0 Å². The summed E-state index contributed by atoms with van der Waals surface area (Å²) >= 11 is 11.7. The summed E-state index contributed by atoms with van der Waals surface area (Å²) in [7, 11) is 0. The second kappa shape index (κ2) is 6.65. The SMILES string of the molecule is CC(NC(=O)c1ccco1)C(=O)Nc1ccc(Cl)c(Cl)c1. The van der Waals surface area contributed by atoms with Crippen LogP contribution < -0.4 is 10.6 Å². The molecule has 0 saturated heterocycles. The van der Waals surface area contributed by atoms with Gasteiger partial charge in [-0.15, -0.1) is 0 Å². The van der Waals surface area contributed by atoms with Crippen molar-refractivity contribution in [2.24, 2.45) is 0 Å². The maximum Gasteiger partial charge on any atom is 0.287 e. The zero-order valence-electron chi connectivity index (χ0n) is 11.0. The summed E-state index contributed by atoms with van der Waals surface area (Å²) in [5, 5.41) is 5.89. The molecule has 0 aliphatic heterocycles. The number of anilines is 1. The van der Waals surface area contributed by atoms with Crippen LogP contribution in [-0.2, 0) is 4.79 Å². The van der Waals surface area contributed by atoms with Gasteiger partial charge in [0.25, 0.3) is 5.91 Å². The lowest BCUT2D eigenvalue weighted by atomic mass is 10.2. The van der Waals surface area contributed by atoms with E-state index in [9.17, 15) is 9.59 Å². The molecule has 2 N–H and O–H groups in total. The van der Waals surface area contributed by atoms with Gasteiger partial charge in [-0.1, -0.05) is 23.2 Å². The Hall–Kier alpha value is -1.98. The van der Waals surface area contributed by atoms with E-state index < -0.39 is 11.9 Å². The maximum absolute atomic E-state index is 12.0. The Morgan fingerprint density at radius 1 is 1.19 bits per heavy atom. The van der Waals surface area contributed by atoms with Crippen molar-refractivity contribution in [1.29, 1.82) is 0 Å². The minimum absolute atomic E-state index is 0.143. The predicted octanol–water partition coefficient (Wildman–Crippen LogP) is 3.34. The first kappa shape index (κ1) is 15.4. The molecule has 0 saturated carbocycles. The molecule has 1 unspecified atom stereocenters. The lowest BCUT2D eigenvalue weighted by molar-refractivity contribution is -0.117. The first-order valence-corrected chi connectivity index (χ1v) is 6.83. The van der Waals surface area contributed by atoms with E-state index in [0.29, 0.717) is 15.7 Å². The Labute approximate surface area is 131 Å². The van der Waals surface area contributed by atoms with Gasteiger partial charge in [-0.2, -0.15) is 0 Å². The minimum Gasteiger partial charge on any atom is -0.459 e. The lowest BCUT2D eigenvalue weighted by Gasteiger charge is -2.13. The third kappa shape index (κ3) is 4.00. The van der Waals surface area contributed by atoms with Crippen molar-refractivity contribution in [3.05, 3.63) is 52.4 Å². The third-order valence-electron chi connectivity index (χ3n) is 2.67. The number of carbonyl (C=O) groups is 2. The fraction of sp³-hybridized carbons (Fsp3) is 0.143. The van der Waals surface area contributed by atoms with Crippen LogP contribution in [-0.4, -0.2) is 17.9 Å². The van der Waals surface area contributed by atoms with E-state index in [0.717, 1.165) is 0 Å². The van der Waals surface area contributed by atoms with Gasteiger partial charge in [0.05, 0.1) is 16.3 Å². The zero-order valence-corrected chi connectivity index (χ0v) is 12.5. The highest BCUT2D eigenvalue weighted by atomic mass is 35.5. The first-order chi connectivity index (χ1) is 9.97. The molecule has 0 aliphatic carbocycles. The summed E-state index contributed by atoms with van der Waals surface area (Å²) in [6.07, 6.45) is 1.38. The second-order valence-corrected chi connectivity index (χ2v) is 5.10. The summed E-state index contributed by atoms with van der Waals surface area (Å²) in [5.74, 6) is -0.700. The predicted molar refractivity (Wildman–Crippen MR) is 80.7 cm³/mol. The normalized spacial score (nSPS) is 11.8. The van der Waals surface area contributed by atoms with Crippen molar-refractivity contribution in [1.82, 2.24) is 5.32 Å². The van der Waals surface area contributed by atoms with Crippen LogP contribution in [0.25, 0.3) is 0 Å². The average molecular weight is 327 g/mol. The molecule has 1 atom stereocenters. The molecule has 0 bridgehead atoms. The quantitative estimate of drug-likeness (QED) is 0.905. The van der Waals surface area contributed by atoms with Crippen LogP contribution >= 0.6 is 23.2 Å². The van der Waals surface area contributed by atoms with Crippen molar-refractivity contribution in [2.45, 2.75) is 13.0 Å². The highest BCUT2D eigenvalue weighted by molar-refractivity contribution is 6.42. The highest BCUT2D eigenvalue weighted by Gasteiger charge is 2.18. The van der Waals surface area contributed by atoms with Crippen LogP contribution in [0.2, 0.25) is 10.0 Å². The topological polar surface area (TPSA) is 71.3 Å². The number of nitrogens with one attached hydrogen (secondary N) is 2. The molecule has 2 rings (SSSR count). The van der Waals surface area contributed by atoms with E-state index in [1.165, 1.54) is 18.4 Å². The first-order valence-electron chi connectivity index (χ1n) is 6.07. The third-order valence-corrected chi connectivity index (χ3v) is 3.41. The smallest absolute Gasteiger partial charge is 0.287 e. The van der Waals surface area contributed by atoms with Crippen LogP contribution in [0.3, 0.4) is 0 Å². The number of halogens is 2. The molecule has 2 amide bonds. The minimum atomic E-state index is -0.739. The molecule has 5 nitrogen and oxygen atoms in total. The van der Waals surface area contributed by atoms with E-state index >= 15 is 0 Å². The Kier molecular flexibility index (Phi) is 4.88. The van der Waals surface area contributed by atoms with Gasteiger partial charge < -0.3 is 15.1 Å². The Bertz CT molecular complexity index is 656. The van der Waals surface area contributed by atoms with E-state index in [2.05, 4.69) is 10.6 Å². The summed E-state index contributed by atoms with van der Waals surface area (Å²) in [6.45, 7) is 1.56. The van der Waals surface area contributed by atoms with Gasteiger partial charge in [-0.05, 0) is 37.3 Å². The number of furan rings is 1. The molecule has 2 aromatic rings. The van der Waals surface area contributed by atoms with Crippen molar-refractivity contribution < 1.29 is 14.0 Å². The fourth-order valence-electron chi connectivity index (χ4n) is 1.57. The van der Waals surface area contributed by atoms with Crippen LogP contribution in [0.15, 0.2) is 41.0 Å². The molecule has 0 aliphatic rings. The maximum atomic E-state index is 12.0. The summed E-state index contributed by atoms with van der Waals surface area (Å²) < 4.78 is 4.95. The Morgan fingerprint density at radius 2 is 1.95 bits per heavy atom. The molecule has 21 heavy (non-hydrogen) atoms. The van der Waals surface area contributed by atoms with Gasteiger partial charge >= 0.3 is 0 Å². The fourth-order valence-corrected chi connectivity index (χ4v) is 1.86. The molecule has 0 spiro atoms. The number of carbonyl (C=O) groups excluding carboxylic acids is 2. The molecule has 1 heterocycles. The van der Waals surface area contributed by atoms with Crippen LogP contribution in [0, 0.1) is 0 Å². The highest BCUT2D eigenvalue weighted by Crippen LogP contribution is 2.25. The molecular weight excluding hydrogens is 315 g/mol. The monoisotopic (exact) mass is 326 g/mol. The molecule has 0 fully saturated rings. The van der Waals surface area contributed by atoms with Gasteiger partial charge in [-0.3, -0.25) is 9.59 Å². The van der Waals surface area contributed by atoms with Crippen LogP contribution in [0.5, 0.6) is 0 Å². The average Bonchev–Trinajstić information content (AvgIpc) is 2.97. The lowest BCUT2D eigenvalue weighted by Crippen LogP contribution is -2.41. The zero-order chi connectivity index (χ0) is 15.4. The largest absolute Gasteiger partial charge is 0.459 e. The van der Waals surface area contributed by atoms with Gasteiger partial charge in [0.15, 0.2) is 5.76 Å². The van der Waals surface area contributed by atoms with Gasteiger partial charge in [0.1, 0.15) is 6.04 Å². The molecule has 1 aromatic heterocycles. The molecule has 1 aromatic carbocycles. The van der Waals surface area contributed by atoms with Crippen molar-refractivity contribution >= 4 is 40.7 Å². The van der Waals surface area contributed by atoms with Crippen molar-refractivity contribution in [2.75, 3.05) is 5.32 Å². The molecular formula is C14H12Cl2N2O3. The van der Waals surface area contributed by atoms with E-state index in [1.807, 2.05) is 0 Å². The Morgan fingerprint density at radius 3 is 2.57 bits per heavy atom. The van der Waals surface area contributed by atoms with E-state index in [4.69, 9.17) is 27.6 Å². The van der Waals surface area contributed by atoms with Crippen molar-refractivity contribution in [3.63, 3.8) is 0 Å². The van der Waals surface area contributed by atoms with Crippen LogP contribution in [0.4, 0.5) is 5.69 Å². The molecule has 110 valence electrons. The summed E-state index contributed by atoms with van der Waals surface area (Å²) in [6, 6.07) is 7.09. The van der Waals surface area contributed by atoms with E-state index in [1.54, 1.807) is 25.1 Å². The van der Waals surface area contributed by atoms with Crippen molar-refractivity contribution in [3.8, 4) is 0 Å². The van der Waals surface area contributed by atoms with E-state index in [-0.39, 0.29) is 11.7 Å². The second-order valence-electron chi connectivity index (χ2n) is 4.29. The van der Waals surface area contributed by atoms with Gasteiger partial charge in [0, 0.05) is 5.69 Å². The Balaban J connectivity index is 1.96. The number of hydrogen-bond donors (Lipinski definition) is 2. The summed E-state index contributed by atoms with van der Waals surface area (Å²) in [5.41, 5.74) is 0.494. The number of amides is 2. The number of rotatable bonds is 4. The molecule has 7 heteroatoms. The number of hydrogen-bond acceptors (Lipinski definition) is 3. The van der Waals surface area contributed by atoms with Crippen LogP contribution in [0.1, 0.15) is 17.5 Å². The number of benzene rings is 1. The molecule has 0 radical (unpaired) electrons. The standard InChI is InChI=1S/C14H12Cl2N2O3/c1-8(17-14(20)12-3-2-6-21-12)13(19)18-9-4-5-10(15)11(16)7-9/h2-8H,1H3,(H,17,20)(H,18,19). The van der Waals surface area contributed by atoms with Gasteiger partial charge in [0.2, 0.25) is 5.91 Å². The summed E-state index contributed by atoms with van der Waals surface area (Å²) in [4.78, 5) is 23.7.